The van der Waals surface area contributed by atoms with Gasteiger partial charge >= 0.3 is 0 Å². The van der Waals surface area contributed by atoms with Crippen molar-refractivity contribution in [1.29, 1.82) is 0 Å². The predicted octanol–water partition coefficient (Wildman–Crippen LogP) is 5.45. The highest BCUT2D eigenvalue weighted by molar-refractivity contribution is 6.53. The smallest absolute Gasteiger partial charge is 0.234 e. The van der Waals surface area contributed by atoms with Crippen molar-refractivity contribution in [1.82, 2.24) is 0 Å². The Bertz CT molecular complexity index is 1050. The number of carbonyl (C=O) groups excluding carboxylic acids is 2. The lowest BCUT2D eigenvalue weighted by molar-refractivity contribution is 0.0815. The lowest BCUT2D eigenvalue weighted by Crippen LogP contribution is -2.22. The van der Waals surface area contributed by atoms with Crippen LogP contribution in [0.4, 0.5) is 0 Å². The third-order valence-corrected chi connectivity index (χ3v) is 5.14. The summed E-state index contributed by atoms with van der Waals surface area (Å²) in [4.78, 5) is 25.5. The van der Waals surface area contributed by atoms with Crippen LogP contribution in [0.15, 0.2) is 60.7 Å². The lowest BCUT2D eigenvalue weighted by atomic mass is 9.79. The second-order valence-electron chi connectivity index (χ2n) is 6.91. The van der Waals surface area contributed by atoms with Crippen LogP contribution in [-0.2, 0) is 6.42 Å². The molecule has 0 unspecified atom stereocenters. The quantitative estimate of drug-likeness (QED) is 0.633. The van der Waals surface area contributed by atoms with Crippen molar-refractivity contribution in [2.45, 2.75) is 26.2 Å². The van der Waals surface area contributed by atoms with Crippen molar-refractivity contribution in [2.24, 2.45) is 0 Å². The molecule has 0 saturated carbocycles. The number of hydrogen-bond donors (Lipinski definition) is 1. The fourth-order valence-corrected chi connectivity index (χ4v) is 3.71. The van der Waals surface area contributed by atoms with Crippen LogP contribution in [0, 0.1) is 0 Å². The molecule has 0 atom stereocenters. The molecule has 1 aliphatic carbocycles. The standard InChI is InChI=1S/C24H20O3/c1-2-3-5-16-6-4-7-20-22(16)19-13-10-17(14-21(19)24(27)23(20)26)15-8-11-18(25)12-9-15/h4,6-14,25H,2-3,5H2,1H3. The number of benzene rings is 3. The molecule has 0 fully saturated rings. The number of Topliss-reactive ketones (excluding diaryl/α,β-unsaturated/α-hetero) is 2. The van der Waals surface area contributed by atoms with E-state index in [0.29, 0.717) is 11.1 Å². The Morgan fingerprint density at radius 3 is 2.22 bits per heavy atom. The topological polar surface area (TPSA) is 54.4 Å². The monoisotopic (exact) mass is 356 g/mol. The van der Waals surface area contributed by atoms with E-state index in [2.05, 4.69) is 13.0 Å². The second-order valence-corrected chi connectivity index (χ2v) is 6.91. The molecule has 4 rings (SSSR count). The maximum atomic E-state index is 12.8. The van der Waals surface area contributed by atoms with E-state index in [9.17, 15) is 14.7 Å². The zero-order valence-corrected chi connectivity index (χ0v) is 15.2. The highest BCUT2D eigenvalue weighted by Crippen LogP contribution is 2.38. The Hall–Kier alpha value is -3.20. The highest BCUT2D eigenvalue weighted by Gasteiger charge is 2.31. The van der Waals surface area contributed by atoms with Gasteiger partial charge in [0.15, 0.2) is 0 Å². The molecular weight excluding hydrogens is 336 g/mol. The van der Waals surface area contributed by atoms with Crippen molar-refractivity contribution in [3.63, 3.8) is 0 Å². The molecule has 3 heteroatoms. The minimum Gasteiger partial charge on any atom is -0.508 e. The molecule has 3 aromatic carbocycles. The van der Waals surface area contributed by atoms with E-state index in [-0.39, 0.29) is 5.75 Å². The normalized spacial score (nSPS) is 12.6. The van der Waals surface area contributed by atoms with Gasteiger partial charge in [0.1, 0.15) is 5.75 Å². The minimum absolute atomic E-state index is 0.192. The molecule has 27 heavy (non-hydrogen) atoms. The molecule has 1 aliphatic rings. The van der Waals surface area contributed by atoms with Gasteiger partial charge in [0.05, 0.1) is 0 Å². The molecule has 0 saturated heterocycles. The highest BCUT2D eigenvalue weighted by atomic mass is 16.3. The Morgan fingerprint density at radius 2 is 1.48 bits per heavy atom. The van der Waals surface area contributed by atoms with Gasteiger partial charge in [-0.25, -0.2) is 0 Å². The fourth-order valence-electron chi connectivity index (χ4n) is 3.71. The van der Waals surface area contributed by atoms with E-state index in [4.69, 9.17) is 0 Å². The largest absolute Gasteiger partial charge is 0.508 e. The van der Waals surface area contributed by atoms with Crippen LogP contribution in [0.25, 0.3) is 22.3 Å². The summed E-state index contributed by atoms with van der Waals surface area (Å²) in [7, 11) is 0. The van der Waals surface area contributed by atoms with Crippen LogP contribution in [-0.4, -0.2) is 16.7 Å². The van der Waals surface area contributed by atoms with Crippen molar-refractivity contribution in [3.05, 3.63) is 77.4 Å². The van der Waals surface area contributed by atoms with E-state index in [0.717, 1.165) is 47.1 Å². The number of hydrogen-bond acceptors (Lipinski definition) is 3. The van der Waals surface area contributed by atoms with Gasteiger partial charge in [-0.3, -0.25) is 9.59 Å². The van der Waals surface area contributed by atoms with Gasteiger partial charge in [0, 0.05) is 11.1 Å². The Morgan fingerprint density at radius 1 is 0.778 bits per heavy atom. The number of ketones is 2. The van der Waals surface area contributed by atoms with Gasteiger partial charge in [0.25, 0.3) is 0 Å². The first-order valence-electron chi connectivity index (χ1n) is 9.25. The van der Waals surface area contributed by atoms with Crippen LogP contribution in [0.1, 0.15) is 46.0 Å². The molecular formula is C24H20O3. The molecule has 134 valence electrons. The summed E-state index contributed by atoms with van der Waals surface area (Å²) in [5.74, 6) is -0.693. The van der Waals surface area contributed by atoms with E-state index in [1.807, 2.05) is 18.2 Å². The third kappa shape index (κ3) is 2.95. The summed E-state index contributed by atoms with van der Waals surface area (Å²) in [6, 6.07) is 18.2. The molecule has 0 amide bonds. The average molecular weight is 356 g/mol. The van der Waals surface area contributed by atoms with Gasteiger partial charge in [-0.1, -0.05) is 55.8 Å². The number of fused-ring (bicyclic) bond motifs is 3. The number of phenolic OH excluding ortho intramolecular Hbond substituents is 1. The Kier molecular flexibility index (Phi) is 4.36. The fraction of sp³-hybridized carbons (Fsp3) is 0.167. The van der Waals surface area contributed by atoms with Crippen LogP contribution < -0.4 is 0 Å². The van der Waals surface area contributed by atoms with E-state index < -0.39 is 11.6 Å². The van der Waals surface area contributed by atoms with Gasteiger partial charge in [0.2, 0.25) is 11.6 Å². The third-order valence-electron chi connectivity index (χ3n) is 5.14. The van der Waals surface area contributed by atoms with Gasteiger partial charge in [-0.15, -0.1) is 0 Å². The van der Waals surface area contributed by atoms with Crippen LogP contribution in [0.3, 0.4) is 0 Å². The van der Waals surface area contributed by atoms with E-state index in [1.54, 1.807) is 36.4 Å². The van der Waals surface area contributed by atoms with Crippen molar-refractivity contribution >= 4 is 11.6 Å². The van der Waals surface area contributed by atoms with Crippen LogP contribution >= 0.6 is 0 Å². The van der Waals surface area contributed by atoms with Gasteiger partial charge < -0.3 is 5.11 Å². The first-order valence-corrected chi connectivity index (χ1v) is 9.25. The van der Waals surface area contributed by atoms with Gasteiger partial charge in [-0.05, 0) is 58.9 Å². The molecule has 0 radical (unpaired) electrons. The van der Waals surface area contributed by atoms with Gasteiger partial charge in [-0.2, -0.15) is 0 Å². The zero-order chi connectivity index (χ0) is 19.0. The number of phenols is 1. The molecule has 1 N–H and O–H groups in total. The summed E-state index contributed by atoms with van der Waals surface area (Å²) in [6.45, 7) is 2.14. The number of rotatable bonds is 4. The second kappa shape index (κ2) is 6.84. The summed E-state index contributed by atoms with van der Waals surface area (Å²) < 4.78 is 0. The van der Waals surface area contributed by atoms with E-state index >= 15 is 0 Å². The molecule has 0 spiro atoms. The molecule has 3 nitrogen and oxygen atoms in total. The maximum absolute atomic E-state index is 12.8. The van der Waals surface area contributed by atoms with Crippen molar-refractivity contribution in [3.8, 4) is 28.0 Å². The molecule has 0 heterocycles. The van der Waals surface area contributed by atoms with Crippen LogP contribution in [0.2, 0.25) is 0 Å². The minimum atomic E-state index is -0.453. The van der Waals surface area contributed by atoms with Crippen LogP contribution in [0.5, 0.6) is 5.75 Å². The van der Waals surface area contributed by atoms with E-state index in [1.165, 1.54) is 0 Å². The van der Waals surface area contributed by atoms with Crippen molar-refractivity contribution in [2.75, 3.05) is 0 Å². The molecule has 3 aromatic rings. The first kappa shape index (κ1) is 17.2. The number of aryl methyl sites for hydroxylation is 1. The predicted molar refractivity (Wildman–Crippen MR) is 106 cm³/mol. The summed E-state index contributed by atoms with van der Waals surface area (Å²) >= 11 is 0. The maximum Gasteiger partial charge on any atom is 0.234 e. The number of unbranched alkanes of at least 4 members (excludes halogenated alkanes) is 1. The summed E-state index contributed by atoms with van der Waals surface area (Å²) in [5.41, 5.74) is 5.58. The number of aromatic hydroxyl groups is 1. The number of carbonyl (C=O) groups is 2. The zero-order valence-electron chi connectivity index (χ0n) is 15.2. The first-order chi connectivity index (χ1) is 13.1. The SMILES string of the molecule is CCCCc1cccc2c1-c1ccc(-c3ccc(O)cc3)cc1C(=O)C2=O. The van der Waals surface area contributed by atoms with Crippen molar-refractivity contribution < 1.29 is 14.7 Å². The summed E-state index contributed by atoms with van der Waals surface area (Å²) in [6.07, 6.45) is 3.00. The average Bonchev–Trinajstić information content (AvgIpc) is 2.70. The Labute approximate surface area is 158 Å². The molecule has 0 aliphatic heterocycles. The molecule has 0 bridgehead atoms. The molecule has 0 aromatic heterocycles. The lowest BCUT2D eigenvalue weighted by Gasteiger charge is -2.22. The summed E-state index contributed by atoms with van der Waals surface area (Å²) in [5, 5.41) is 9.48. The Balaban J connectivity index is 1.88.